The van der Waals surface area contributed by atoms with Crippen molar-refractivity contribution in [3.8, 4) is 11.1 Å². The zero-order chi connectivity index (χ0) is 24.5. The number of benzene rings is 2. The van der Waals surface area contributed by atoms with E-state index in [-0.39, 0.29) is 10.8 Å². The number of aryl methyl sites for hydroxylation is 1. The van der Waals surface area contributed by atoms with Gasteiger partial charge in [-0.3, -0.25) is 0 Å². The Labute approximate surface area is 200 Å². The summed E-state index contributed by atoms with van der Waals surface area (Å²) in [5.41, 5.74) is 7.41. The van der Waals surface area contributed by atoms with Gasteiger partial charge in [0.15, 0.2) is 0 Å². The lowest BCUT2D eigenvalue weighted by atomic mass is 9.82. The molecule has 0 amide bonds. The van der Waals surface area contributed by atoms with Crippen LogP contribution in [0.25, 0.3) is 11.1 Å². The molecule has 32 heavy (non-hydrogen) atoms. The van der Waals surface area contributed by atoms with Crippen LogP contribution in [0.1, 0.15) is 105 Å². The Kier molecular flexibility index (Phi) is 11.0. The summed E-state index contributed by atoms with van der Waals surface area (Å²) < 4.78 is 0. The second kappa shape index (κ2) is 12.4. The van der Waals surface area contributed by atoms with E-state index in [9.17, 15) is 0 Å². The van der Waals surface area contributed by atoms with E-state index >= 15 is 0 Å². The van der Waals surface area contributed by atoms with Crippen LogP contribution in [0.2, 0.25) is 0 Å². The summed E-state index contributed by atoms with van der Waals surface area (Å²) in [4.78, 5) is 0. The molecule has 2 aromatic rings. The van der Waals surface area contributed by atoms with Gasteiger partial charge in [-0.25, -0.2) is 0 Å². The molecule has 0 aliphatic heterocycles. The summed E-state index contributed by atoms with van der Waals surface area (Å²) in [7, 11) is 0. The van der Waals surface area contributed by atoms with Crippen LogP contribution in [0.15, 0.2) is 55.1 Å². The second-order valence-corrected chi connectivity index (χ2v) is 11.1. The molecule has 0 aliphatic rings. The fourth-order valence-corrected chi connectivity index (χ4v) is 4.28. The molecule has 0 saturated carbocycles. The van der Waals surface area contributed by atoms with Crippen LogP contribution in [-0.2, 0) is 17.3 Å². The first-order chi connectivity index (χ1) is 15.0. The monoisotopic (exact) mass is 434 g/mol. The molecule has 0 aromatic heterocycles. The van der Waals surface area contributed by atoms with Gasteiger partial charge in [0.2, 0.25) is 0 Å². The van der Waals surface area contributed by atoms with Crippen molar-refractivity contribution in [2.75, 3.05) is 0 Å². The molecule has 2 unspecified atom stereocenters. The van der Waals surface area contributed by atoms with E-state index in [1.807, 2.05) is 13.8 Å². The van der Waals surface area contributed by atoms with Crippen molar-refractivity contribution >= 4 is 0 Å². The van der Waals surface area contributed by atoms with Gasteiger partial charge in [-0.05, 0) is 69.7 Å². The maximum Gasteiger partial charge on any atom is -0.0132 e. The summed E-state index contributed by atoms with van der Waals surface area (Å²) in [5, 5.41) is 0. The van der Waals surface area contributed by atoms with Crippen LogP contribution >= 0.6 is 0 Å². The molecule has 0 heteroatoms. The quantitative estimate of drug-likeness (QED) is 0.362. The van der Waals surface area contributed by atoms with E-state index in [4.69, 9.17) is 0 Å². The van der Waals surface area contributed by atoms with Gasteiger partial charge in [0.1, 0.15) is 0 Å². The largest absolute Gasteiger partial charge is 0.103 e. The van der Waals surface area contributed by atoms with E-state index in [0.717, 1.165) is 12.3 Å². The highest BCUT2D eigenvalue weighted by Crippen LogP contribution is 2.33. The fraction of sp³-hybridized carbons (Fsp3) is 0.562. The minimum atomic E-state index is 0.173. The Morgan fingerprint density at radius 2 is 1.38 bits per heavy atom. The molecule has 2 atom stereocenters. The zero-order valence-corrected chi connectivity index (χ0v) is 22.8. The molecule has 0 aliphatic carbocycles. The van der Waals surface area contributed by atoms with Crippen molar-refractivity contribution in [1.82, 2.24) is 0 Å². The predicted molar refractivity (Wildman–Crippen MR) is 147 cm³/mol. The first-order valence-electron chi connectivity index (χ1n) is 12.8. The van der Waals surface area contributed by atoms with Crippen molar-refractivity contribution < 1.29 is 0 Å². The van der Waals surface area contributed by atoms with E-state index in [2.05, 4.69) is 111 Å². The van der Waals surface area contributed by atoms with Crippen LogP contribution in [0.4, 0.5) is 0 Å². The van der Waals surface area contributed by atoms with E-state index in [0.29, 0.717) is 5.92 Å². The molecule has 0 fully saturated rings. The Bertz CT molecular complexity index is 809. The summed E-state index contributed by atoms with van der Waals surface area (Å²) >= 11 is 0. The van der Waals surface area contributed by atoms with Crippen molar-refractivity contribution in [3.63, 3.8) is 0 Å². The van der Waals surface area contributed by atoms with Gasteiger partial charge < -0.3 is 0 Å². The summed E-state index contributed by atoms with van der Waals surface area (Å²) in [6.45, 7) is 26.4. The second-order valence-electron chi connectivity index (χ2n) is 11.1. The van der Waals surface area contributed by atoms with Crippen LogP contribution < -0.4 is 0 Å². The highest BCUT2D eigenvalue weighted by molar-refractivity contribution is 5.68. The van der Waals surface area contributed by atoms with Crippen molar-refractivity contribution in [2.45, 2.75) is 106 Å². The minimum Gasteiger partial charge on any atom is -0.103 e. The molecule has 0 heterocycles. The third kappa shape index (κ3) is 7.95. The Balaban J connectivity index is 0.00000249. The lowest BCUT2D eigenvalue weighted by Crippen LogP contribution is -2.12. The number of hydrogen-bond acceptors (Lipinski definition) is 0. The summed E-state index contributed by atoms with van der Waals surface area (Å²) in [5.74, 6) is 1.34. The highest BCUT2D eigenvalue weighted by atomic mass is 14.2. The average molecular weight is 435 g/mol. The molecule has 0 saturated heterocycles. The number of hydrogen-bond donors (Lipinski definition) is 0. The third-order valence-electron chi connectivity index (χ3n) is 6.69. The average Bonchev–Trinajstić information content (AvgIpc) is 2.76. The molecular formula is C32H50. The fourth-order valence-electron chi connectivity index (χ4n) is 4.28. The van der Waals surface area contributed by atoms with Crippen LogP contribution in [0.3, 0.4) is 0 Å². The molecule has 178 valence electrons. The van der Waals surface area contributed by atoms with Gasteiger partial charge in [-0.15, -0.1) is 6.58 Å². The van der Waals surface area contributed by atoms with Crippen LogP contribution in [0.5, 0.6) is 0 Å². The Morgan fingerprint density at radius 3 is 1.84 bits per heavy atom. The summed E-state index contributed by atoms with van der Waals surface area (Å²) in [6, 6.07) is 16.4. The van der Waals surface area contributed by atoms with Gasteiger partial charge in [0.25, 0.3) is 0 Å². The number of allylic oxidation sites excluding steroid dienone is 1. The Hall–Kier alpha value is -1.82. The molecule has 0 N–H and O–H groups in total. The predicted octanol–water partition coefficient (Wildman–Crippen LogP) is 10.1. The third-order valence-corrected chi connectivity index (χ3v) is 6.69. The van der Waals surface area contributed by atoms with Crippen molar-refractivity contribution in [1.29, 1.82) is 0 Å². The molecular weight excluding hydrogens is 384 g/mol. The molecule has 0 radical (unpaired) electrons. The zero-order valence-electron chi connectivity index (χ0n) is 22.8. The van der Waals surface area contributed by atoms with Gasteiger partial charge >= 0.3 is 0 Å². The van der Waals surface area contributed by atoms with Crippen molar-refractivity contribution in [3.05, 3.63) is 71.8 Å². The molecule has 0 spiro atoms. The van der Waals surface area contributed by atoms with Gasteiger partial charge in [-0.2, -0.15) is 0 Å². The lowest BCUT2D eigenvalue weighted by Gasteiger charge is -2.23. The standard InChI is InChI=1S/C30H44.C2H6/c1-10-22(3)23(11-2)13-12-14-25-21-27(30(7,8)9)19-20-28(25)24-15-17-26(18-16-24)29(4,5)6;1-2/h10,15-23H,1,11-14H2,2-9H3;1-2H3. The maximum atomic E-state index is 4.01. The molecule has 2 aromatic carbocycles. The van der Waals surface area contributed by atoms with Crippen LogP contribution in [0, 0.1) is 11.8 Å². The topological polar surface area (TPSA) is 0 Å². The lowest BCUT2D eigenvalue weighted by molar-refractivity contribution is 0.370. The maximum absolute atomic E-state index is 4.01. The highest BCUT2D eigenvalue weighted by Gasteiger charge is 2.18. The first-order valence-corrected chi connectivity index (χ1v) is 12.8. The SMILES string of the molecule is C=CC(C)C(CC)CCCc1cc(C(C)(C)C)ccc1-c1ccc(C(C)(C)C)cc1.CC. The number of rotatable bonds is 8. The van der Waals surface area contributed by atoms with E-state index < -0.39 is 0 Å². The smallest absolute Gasteiger partial charge is 0.0132 e. The molecule has 0 bridgehead atoms. The van der Waals surface area contributed by atoms with Crippen molar-refractivity contribution in [2.24, 2.45) is 11.8 Å². The first kappa shape index (κ1) is 28.2. The van der Waals surface area contributed by atoms with E-state index in [1.165, 1.54) is 47.1 Å². The van der Waals surface area contributed by atoms with Gasteiger partial charge in [-0.1, -0.05) is 124 Å². The van der Waals surface area contributed by atoms with E-state index in [1.54, 1.807) is 0 Å². The Morgan fingerprint density at radius 1 is 0.844 bits per heavy atom. The normalized spacial score (nSPS) is 13.7. The van der Waals surface area contributed by atoms with Gasteiger partial charge in [0.05, 0.1) is 0 Å². The minimum absolute atomic E-state index is 0.173. The van der Waals surface area contributed by atoms with Crippen LogP contribution in [-0.4, -0.2) is 0 Å². The molecule has 2 rings (SSSR count). The molecule has 0 nitrogen and oxygen atoms in total. The summed E-state index contributed by atoms with van der Waals surface area (Å²) in [6.07, 6.45) is 7.00. The van der Waals surface area contributed by atoms with Gasteiger partial charge in [0, 0.05) is 0 Å².